The zero-order valence-electron chi connectivity index (χ0n) is 6.12. The molecule has 1 aromatic rings. The van der Waals surface area contributed by atoms with E-state index in [0.29, 0.717) is 11.4 Å². The van der Waals surface area contributed by atoms with Crippen molar-refractivity contribution in [2.75, 3.05) is 12.3 Å². The molecule has 1 aromatic heterocycles. The Kier molecular flexibility index (Phi) is 1.54. The first-order valence-corrected chi connectivity index (χ1v) is 3.69. The van der Waals surface area contributed by atoms with Crippen LogP contribution in [0.15, 0.2) is 10.7 Å². The summed E-state index contributed by atoms with van der Waals surface area (Å²) < 4.78 is 10.3. The molecule has 0 aromatic carbocycles. The van der Waals surface area contributed by atoms with Crippen LogP contribution in [0.3, 0.4) is 0 Å². The molecule has 0 radical (unpaired) electrons. The van der Waals surface area contributed by atoms with Crippen molar-refractivity contribution < 1.29 is 9.26 Å². The molecule has 1 atom stereocenters. The van der Waals surface area contributed by atoms with Crippen molar-refractivity contribution in [1.29, 1.82) is 0 Å². The molecule has 4 heteroatoms. The van der Waals surface area contributed by atoms with Crippen LogP contribution in [-0.4, -0.2) is 11.8 Å². The van der Waals surface area contributed by atoms with Crippen molar-refractivity contribution in [3.63, 3.8) is 0 Å². The average molecular weight is 154 g/mol. The second-order valence-electron chi connectivity index (χ2n) is 2.65. The van der Waals surface area contributed by atoms with Crippen LogP contribution < -0.4 is 5.73 Å². The Hall–Kier alpha value is -1.03. The van der Waals surface area contributed by atoms with Crippen LogP contribution in [0.1, 0.15) is 24.7 Å². The van der Waals surface area contributed by atoms with Crippen LogP contribution in [0.4, 0.5) is 5.69 Å². The summed E-state index contributed by atoms with van der Waals surface area (Å²) in [6, 6.07) is 0. The van der Waals surface area contributed by atoms with Gasteiger partial charge in [-0.05, 0) is 12.8 Å². The van der Waals surface area contributed by atoms with E-state index in [1.54, 1.807) is 0 Å². The molecule has 2 rings (SSSR count). The topological polar surface area (TPSA) is 61.3 Å². The molecule has 1 saturated heterocycles. The molecule has 1 aliphatic heterocycles. The fourth-order valence-electron chi connectivity index (χ4n) is 1.29. The predicted molar refractivity (Wildman–Crippen MR) is 38.8 cm³/mol. The number of aromatic nitrogens is 1. The number of ether oxygens (including phenoxy) is 1. The molecule has 0 saturated carbocycles. The molecular weight excluding hydrogens is 144 g/mol. The number of hydrogen-bond donors (Lipinski definition) is 1. The highest BCUT2D eigenvalue weighted by Crippen LogP contribution is 2.31. The average Bonchev–Trinajstić information content (AvgIpc) is 2.55. The second kappa shape index (κ2) is 2.54. The van der Waals surface area contributed by atoms with Gasteiger partial charge in [0.25, 0.3) is 0 Å². The number of hydrogen-bond acceptors (Lipinski definition) is 4. The smallest absolute Gasteiger partial charge is 0.188 e. The molecule has 0 spiro atoms. The van der Waals surface area contributed by atoms with Gasteiger partial charge in [-0.25, -0.2) is 0 Å². The Morgan fingerprint density at radius 2 is 2.55 bits per heavy atom. The molecule has 4 nitrogen and oxygen atoms in total. The summed E-state index contributed by atoms with van der Waals surface area (Å²) in [6.07, 6.45) is 3.61. The number of rotatable bonds is 1. The first-order valence-electron chi connectivity index (χ1n) is 3.69. The van der Waals surface area contributed by atoms with Crippen molar-refractivity contribution in [3.05, 3.63) is 12.0 Å². The number of anilines is 1. The summed E-state index contributed by atoms with van der Waals surface area (Å²) in [7, 11) is 0. The maximum atomic E-state index is 5.58. The molecule has 60 valence electrons. The molecule has 1 fully saturated rings. The highest BCUT2D eigenvalue weighted by molar-refractivity contribution is 5.39. The van der Waals surface area contributed by atoms with Crippen LogP contribution in [0, 0.1) is 0 Å². The van der Waals surface area contributed by atoms with Crippen LogP contribution >= 0.6 is 0 Å². The summed E-state index contributed by atoms with van der Waals surface area (Å²) >= 11 is 0. The van der Waals surface area contributed by atoms with E-state index in [9.17, 15) is 0 Å². The van der Waals surface area contributed by atoms with E-state index in [2.05, 4.69) is 5.16 Å². The minimum absolute atomic E-state index is 0.0394. The van der Waals surface area contributed by atoms with Crippen molar-refractivity contribution in [2.24, 2.45) is 0 Å². The normalized spacial score (nSPS) is 24.2. The summed E-state index contributed by atoms with van der Waals surface area (Å²) in [5, 5.41) is 3.59. The van der Waals surface area contributed by atoms with Crippen molar-refractivity contribution in [3.8, 4) is 0 Å². The Morgan fingerprint density at radius 1 is 1.64 bits per heavy atom. The third-order valence-electron chi connectivity index (χ3n) is 1.85. The molecule has 0 amide bonds. The van der Waals surface area contributed by atoms with Gasteiger partial charge in [-0.3, -0.25) is 0 Å². The first-order chi connectivity index (χ1) is 5.38. The molecule has 0 bridgehead atoms. The van der Waals surface area contributed by atoms with Gasteiger partial charge in [0.2, 0.25) is 0 Å². The Balaban J connectivity index is 2.21. The fraction of sp³-hybridized carbons (Fsp3) is 0.571. The zero-order chi connectivity index (χ0) is 7.68. The van der Waals surface area contributed by atoms with E-state index in [1.165, 1.54) is 6.20 Å². The molecule has 1 unspecified atom stereocenters. The Labute approximate surface area is 64.3 Å². The van der Waals surface area contributed by atoms with Crippen molar-refractivity contribution in [1.82, 2.24) is 5.16 Å². The van der Waals surface area contributed by atoms with Gasteiger partial charge in [0.1, 0.15) is 6.10 Å². The summed E-state index contributed by atoms with van der Waals surface area (Å²) in [5.41, 5.74) is 6.18. The Bertz CT molecular complexity index is 240. The fourth-order valence-corrected chi connectivity index (χ4v) is 1.29. The monoisotopic (exact) mass is 154 g/mol. The van der Waals surface area contributed by atoms with Gasteiger partial charge >= 0.3 is 0 Å². The number of nitrogens with two attached hydrogens (primary N) is 1. The molecule has 11 heavy (non-hydrogen) atoms. The lowest BCUT2D eigenvalue weighted by Gasteiger charge is -2.03. The quantitative estimate of drug-likeness (QED) is 0.658. The second-order valence-corrected chi connectivity index (χ2v) is 2.65. The van der Waals surface area contributed by atoms with Gasteiger partial charge in [-0.1, -0.05) is 5.16 Å². The number of nitrogen functional groups attached to an aromatic ring is 1. The lowest BCUT2D eigenvalue weighted by atomic mass is 10.2. The lowest BCUT2D eigenvalue weighted by molar-refractivity contribution is 0.0885. The minimum Gasteiger partial charge on any atom is -0.394 e. The molecule has 0 aliphatic carbocycles. The maximum Gasteiger partial charge on any atom is 0.188 e. The van der Waals surface area contributed by atoms with Crippen LogP contribution in [0.2, 0.25) is 0 Å². The van der Waals surface area contributed by atoms with E-state index >= 15 is 0 Å². The van der Waals surface area contributed by atoms with E-state index in [0.717, 1.165) is 19.4 Å². The van der Waals surface area contributed by atoms with Crippen molar-refractivity contribution in [2.45, 2.75) is 18.9 Å². The molecule has 2 heterocycles. The van der Waals surface area contributed by atoms with Gasteiger partial charge in [0.15, 0.2) is 5.76 Å². The Morgan fingerprint density at radius 3 is 3.09 bits per heavy atom. The summed E-state index contributed by atoms with van der Waals surface area (Å²) in [6.45, 7) is 0.796. The highest BCUT2D eigenvalue weighted by atomic mass is 16.5. The third kappa shape index (κ3) is 1.09. The van der Waals surface area contributed by atoms with Crippen LogP contribution in [0.5, 0.6) is 0 Å². The first kappa shape index (κ1) is 6.67. The predicted octanol–water partition coefficient (Wildman–Crippen LogP) is 1.11. The highest BCUT2D eigenvalue weighted by Gasteiger charge is 2.23. The maximum absolute atomic E-state index is 5.58. The number of nitrogens with zero attached hydrogens (tertiary/aromatic N) is 1. The SMILES string of the molecule is Nc1cnoc1C1CCCO1. The minimum atomic E-state index is 0.0394. The molecule has 2 N–H and O–H groups in total. The van der Waals surface area contributed by atoms with E-state index in [4.69, 9.17) is 15.0 Å². The largest absolute Gasteiger partial charge is 0.394 e. The van der Waals surface area contributed by atoms with Crippen LogP contribution in [-0.2, 0) is 4.74 Å². The van der Waals surface area contributed by atoms with Gasteiger partial charge in [0.05, 0.1) is 11.9 Å². The van der Waals surface area contributed by atoms with E-state index in [1.807, 2.05) is 0 Å². The lowest BCUT2D eigenvalue weighted by Crippen LogP contribution is -1.97. The van der Waals surface area contributed by atoms with Crippen molar-refractivity contribution >= 4 is 5.69 Å². The van der Waals surface area contributed by atoms with Crippen LogP contribution in [0.25, 0.3) is 0 Å². The molecular formula is C7H10N2O2. The standard InChI is InChI=1S/C7H10N2O2/c8-5-4-9-11-7(5)6-2-1-3-10-6/h4,6H,1-3,8H2. The van der Waals surface area contributed by atoms with Gasteiger partial charge < -0.3 is 15.0 Å². The van der Waals surface area contributed by atoms with E-state index < -0.39 is 0 Å². The van der Waals surface area contributed by atoms with Gasteiger partial charge in [-0.2, -0.15) is 0 Å². The summed E-state index contributed by atoms with van der Waals surface area (Å²) in [5.74, 6) is 0.683. The van der Waals surface area contributed by atoms with Gasteiger partial charge in [0, 0.05) is 6.61 Å². The van der Waals surface area contributed by atoms with E-state index in [-0.39, 0.29) is 6.10 Å². The summed E-state index contributed by atoms with van der Waals surface area (Å²) in [4.78, 5) is 0. The third-order valence-corrected chi connectivity index (χ3v) is 1.85. The zero-order valence-corrected chi connectivity index (χ0v) is 6.12. The molecule has 1 aliphatic rings. The van der Waals surface area contributed by atoms with Gasteiger partial charge in [-0.15, -0.1) is 0 Å².